The Balaban J connectivity index is 1.88. The van der Waals surface area contributed by atoms with Gasteiger partial charge in [-0.05, 0) is 6.92 Å². The van der Waals surface area contributed by atoms with Crippen LogP contribution in [0.15, 0.2) is 12.3 Å². The normalized spacial score (nSPS) is 21.7. The van der Waals surface area contributed by atoms with Gasteiger partial charge < -0.3 is 25.2 Å². The topological polar surface area (TPSA) is 140 Å². The summed E-state index contributed by atoms with van der Waals surface area (Å²) >= 11 is 0. The Morgan fingerprint density at radius 3 is 2.62 bits per heavy atom. The molecule has 2 aromatic heterocycles. The van der Waals surface area contributed by atoms with Gasteiger partial charge in [0.15, 0.2) is 5.69 Å². The third kappa shape index (κ3) is 4.10. The smallest absolute Gasteiger partial charge is 0.434 e. The van der Waals surface area contributed by atoms with Gasteiger partial charge in [0.05, 0.1) is 25.5 Å². The van der Waals surface area contributed by atoms with Crippen molar-refractivity contribution in [2.24, 2.45) is 0 Å². The number of cyclic esters (lactones) is 1. The molecular formula is C18H20F3N7O4. The summed E-state index contributed by atoms with van der Waals surface area (Å²) in [5.74, 6) is -0.467. The van der Waals surface area contributed by atoms with Crippen molar-refractivity contribution >= 4 is 23.8 Å². The second kappa shape index (κ2) is 8.35. The van der Waals surface area contributed by atoms with E-state index < -0.39 is 48.2 Å². The zero-order valence-corrected chi connectivity index (χ0v) is 16.9. The number of carbonyl (C=O) groups is 1. The number of aromatic nitrogens is 4. The average Bonchev–Trinajstić information content (AvgIpc) is 3.06. The fourth-order valence-corrected chi connectivity index (χ4v) is 3.52. The molecule has 32 heavy (non-hydrogen) atoms. The summed E-state index contributed by atoms with van der Waals surface area (Å²) < 4.78 is 51.5. The molecule has 2 aliphatic rings. The molecule has 2 fully saturated rings. The van der Waals surface area contributed by atoms with Gasteiger partial charge in [-0.15, -0.1) is 0 Å². The number of alkyl halides is 3. The molecule has 4 rings (SSSR count). The minimum atomic E-state index is -4.83. The van der Waals surface area contributed by atoms with E-state index in [2.05, 4.69) is 19.9 Å². The summed E-state index contributed by atoms with van der Waals surface area (Å²) in [4.78, 5) is 31.0. The van der Waals surface area contributed by atoms with E-state index in [4.69, 9.17) is 15.2 Å². The van der Waals surface area contributed by atoms with Crippen LogP contribution in [0.5, 0.6) is 0 Å². The number of hydrogen-bond acceptors (Lipinski definition) is 10. The molecule has 2 atom stereocenters. The SMILES string of the molecule is CC1OC(=O)N(c2cc(-c3cnc(N)nc3C(F)(F)F)nc(N3CCOCC3)n2)C1CO. The number of halogens is 3. The molecule has 0 spiro atoms. The highest BCUT2D eigenvalue weighted by molar-refractivity contribution is 5.90. The van der Waals surface area contributed by atoms with Crippen LogP contribution >= 0.6 is 0 Å². The van der Waals surface area contributed by atoms with E-state index in [0.717, 1.165) is 11.1 Å². The lowest BCUT2D eigenvalue weighted by atomic mass is 10.1. The molecule has 0 aliphatic carbocycles. The molecule has 2 unspecified atom stereocenters. The fraction of sp³-hybridized carbons (Fsp3) is 0.500. The first-order chi connectivity index (χ1) is 15.2. The van der Waals surface area contributed by atoms with Crippen molar-refractivity contribution in [1.82, 2.24) is 19.9 Å². The number of aliphatic hydroxyl groups is 1. The Bertz CT molecular complexity index is 1020. The van der Waals surface area contributed by atoms with Crippen LogP contribution in [-0.2, 0) is 15.7 Å². The van der Waals surface area contributed by atoms with E-state index in [1.807, 2.05) is 0 Å². The predicted molar refractivity (Wildman–Crippen MR) is 105 cm³/mol. The van der Waals surface area contributed by atoms with Gasteiger partial charge in [-0.3, -0.25) is 4.90 Å². The summed E-state index contributed by atoms with van der Waals surface area (Å²) in [7, 11) is 0. The number of rotatable bonds is 4. The summed E-state index contributed by atoms with van der Waals surface area (Å²) in [5.41, 5.74) is 3.52. The van der Waals surface area contributed by atoms with E-state index in [1.165, 1.54) is 6.07 Å². The zero-order valence-electron chi connectivity index (χ0n) is 16.9. The van der Waals surface area contributed by atoms with Crippen LogP contribution in [0, 0.1) is 0 Å². The summed E-state index contributed by atoms with van der Waals surface area (Å²) in [6.07, 6.45) is -5.33. The molecule has 0 radical (unpaired) electrons. The highest BCUT2D eigenvalue weighted by Crippen LogP contribution is 2.37. The molecule has 11 nitrogen and oxygen atoms in total. The lowest BCUT2D eigenvalue weighted by Crippen LogP contribution is -2.40. The van der Waals surface area contributed by atoms with Gasteiger partial charge in [0.2, 0.25) is 11.9 Å². The summed E-state index contributed by atoms with van der Waals surface area (Å²) in [5, 5.41) is 9.74. The lowest BCUT2D eigenvalue weighted by Gasteiger charge is -2.28. The van der Waals surface area contributed by atoms with E-state index in [9.17, 15) is 23.1 Å². The molecule has 0 saturated carbocycles. The van der Waals surface area contributed by atoms with Gasteiger partial charge in [0.1, 0.15) is 18.0 Å². The Kier molecular flexibility index (Phi) is 5.73. The van der Waals surface area contributed by atoms with Crippen LogP contribution in [0.25, 0.3) is 11.3 Å². The second-order valence-electron chi connectivity index (χ2n) is 7.21. The van der Waals surface area contributed by atoms with E-state index in [0.29, 0.717) is 26.3 Å². The van der Waals surface area contributed by atoms with Gasteiger partial charge in [0, 0.05) is 30.9 Å². The minimum Gasteiger partial charge on any atom is -0.444 e. The van der Waals surface area contributed by atoms with Crippen LogP contribution in [0.2, 0.25) is 0 Å². The molecule has 3 N–H and O–H groups in total. The predicted octanol–water partition coefficient (Wildman–Crippen LogP) is 1.08. The Hall–Kier alpha value is -3.26. The van der Waals surface area contributed by atoms with Crippen LogP contribution in [-0.4, -0.2) is 76.2 Å². The quantitative estimate of drug-likeness (QED) is 0.688. The monoisotopic (exact) mass is 455 g/mol. The maximum Gasteiger partial charge on any atom is 0.434 e. The Morgan fingerprint density at radius 2 is 1.97 bits per heavy atom. The van der Waals surface area contributed by atoms with Crippen LogP contribution < -0.4 is 15.5 Å². The number of aliphatic hydroxyl groups excluding tert-OH is 1. The van der Waals surface area contributed by atoms with Crippen molar-refractivity contribution in [3.63, 3.8) is 0 Å². The first-order valence-corrected chi connectivity index (χ1v) is 9.71. The zero-order chi connectivity index (χ0) is 23.0. The molecule has 2 aromatic rings. The number of anilines is 3. The van der Waals surface area contributed by atoms with Gasteiger partial charge >= 0.3 is 12.3 Å². The van der Waals surface area contributed by atoms with Gasteiger partial charge in [-0.2, -0.15) is 18.2 Å². The molecule has 2 saturated heterocycles. The number of nitrogens with two attached hydrogens (primary N) is 1. The van der Waals surface area contributed by atoms with Gasteiger partial charge in [-0.1, -0.05) is 0 Å². The molecular weight excluding hydrogens is 435 g/mol. The molecule has 0 aromatic carbocycles. The number of nitrogens with zero attached hydrogens (tertiary/aromatic N) is 6. The third-order valence-electron chi connectivity index (χ3n) is 5.14. The first-order valence-electron chi connectivity index (χ1n) is 9.71. The summed E-state index contributed by atoms with van der Waals surface area (Å²) in [6, 6.07) is 0.434. The van der Waals surface area contributed by atoms with Crippen LogP contribution in [0.1, 0.15) is 12.6 Å². The lowest BCUT2D eigenvalue weighted by molar-refractivity contribution is -0.140. The van der Waals surface area contributed by atoms with E-state index in [-0.39, 0.29) is 17.5 Å². The molecule has 1 amide bonds. The van der Waals surface area contributed by atoms with Gasteiger partial charge in [0.25, 0.3) is 0 Å². The second-order valence-corrected chi connectivity index (χ2v) is 7.21. The molecule has 0 bridgehead atoms. The van der Waals surface area contributed by atoms with E-state index >= 15 is 0 Å². The van der Waals surface area contributed by atoms with Crippen molar-refractivity contribution in [1.29, 1.82) is 0 Å². The van der Waals surface area contributed by atoms with Crippen molar-refractivity contribution in [3.8, 4) is 11.3 Å². The van der Waals surface area contributed by atoms with Crippen molar-refractivity contribution < 1.29 is 32.5 Å². The largest absolute Gasteiger partial charge is 0.444 e. The maximum atomic E-state index is 13.7. The Morgan fingerprint density at radius 1 is 1.25 bits per heavy atom. The van der Waals surface area contributed by atoms with Gasteiger partial charge in [-0.25, -0.2) is 19.7 Å². The van der Waals surface area contributed by atoms with Crippen molar-refractivity contribution in [3.05, 3.63) is 18.0 Å². The average molecular weight is 455 g/mol. The van der Waals surface area contributed by atoms with E-state index in [1.54, 1.807) is 11.8 Å². The molecule has 2 aliphatic heterocycles. The standard InChI is InChI=1S/C18H20F3N7O4/c1-9-12(8-29)28(17(30)32-9)13-6-11(24-16(25-13)27-2-4-31-5-3-27)10-7-23-15(22)26-14(10)18(19,20)21/h6-7,9,12,29H,2-5,8H2,1H3,(H2,22,23,26). The number of nitrogen functional groups attached to an aromatic ring is 1. The molecule has 4 heterocycles. The number of hydrogen-bond donors (Lipinski definition) is 2. The van der Waals surface area contributed by atoms with Crippen LogP contribution in [0.3, 0.4) is 0 Å². The fourth-order valence-electron chi connectivity index (χ4n) is 3.52. The molecule has 14 heteroatoms. The Labute approximate surface area is 180 Å². The number of ether oxygens (including phenoxy) is 2. The first kappa shape index (κ1) is 22.0. The van der Waals surface area contributed by atoms with Crippen molar-refractivity contribution in [2.75, 3.05) is 48.4 Å². The molecule has 172 valence electrons. The van der Waals surface area contributed by atoms with Crippen molar-refractivity contribution in [2.45, 2.75) is 25.2 Å². The number of amides is 1. The number of morpholine rings is 1. The van der Waals surface area contributed by atoms with Crippen LogP contribution in [0.4, 0.5) is 35.7 Å². The third-order valence-corrected chi connectivity index (χ3v) is 5.14. The minimum absolute atomic E-state index is 0.0187. The maximum absolute atomic E-state index is 13.7. The number of carbonyl (C=O) groups excluding carboxylic acids is 1. The highest BCUT2D eigenvalue weighted by Gasteiger charge is 2.42. The summed E-state index contributed by atoms with van der Waals surface area (Å²) in [6.45, 7) is 2.72. The highest BCUT2D eigenvalue weighted by atomic mass is 19.4.